The highest BCUT2D eigenvalue weighted by Gasteiger charge is 2.32. The summed E-state index contributed by atoms with van der Waals surface area (Å²) in [6.07, 6.45) is 0.753. The van der Waals surface area contributed by atoms with Gasteiger partial charge in [0, 0.05) is 37.0 Å². The first-order valence-corrected chi connectivity index (χ1v) is 6.68. The number of rotatable bonds is 3. The van der Waals surface area contributed by atoms with Crippen LogP contribution in [0, 0.1) is 11.3 Å². The Bertz CT molecular complexity index is 461. The molecule has 1 aromatic rings. The van der Waals surface area contributed by atoms with Crippen molar-refractivity contribution in [2.24, 2.45) is 0 Å². The number of benzene rings is 1. The maximum atomic E-state index is 9.20. The second-order valence-corrected chi connectivity index (χ2v) is 5.72. The third-order valence-electron chi connectivity index (χ3n) is 3.61. The molecule has 1 saturated heterocycles. The van der Waals surface area contributed by atoms with Crippen LogP contribution in [0.4, 0.5) is 5.69 Å². The van der Waals surface area contributed by atoms with E-state index in [4.69, 9.17) is 5.26 Å². The summed E-state index contributed by atoms with van der Waals surface area (Å²) >= 11 is 0. The van der Waals surface area contributed by atoms with Crippen LogP contribution in [0.25, 0.3) is 0 Å². The molecular weight excluding hydrogens is 238 g/mol. The molecule has 1 atom stereocenters. The minimum absolute atomic E-state index is 0.0554. The highest BCUT2D eigenvalue weighted by molar-refractivity contribution is 5.51. The van der Waals surface area contributed by atoms with E-state index in [-0.39, 0.29) is 12.1 Å². The smallest absolute Gasteiger partial charge is 0.0991 e. The van der Waals surface area contributed by atoms with Crippen LogP contribution in [-0.4, -0.2) is 36.4 Å². The summed E-state index contributed by atoms with van der Waals surface area (Å²) in [6, 6.07) is 10.1. The van der Waals surface area contributed by atoms with E-state index in [1.807, 2.05) is 24.3 Å². The van der Waals surface area contributed by atoms with Crippen molar-refractivity contribution in [3.05, 3.63) is 29.8 Å². The van der Waals surface area contributed by atoms with Crippen LogP contribution in [0.3, 0.4) is 0 Å². The molecule has 102 valence electrons. The molecule has 0 aliphatic carbocycles. The Morgan fingerprint density at radius 2 is 2.11 bits per heavy atom. The van der Waals surface area contributed by atoms with Gasteiger partial charge in [0.25, 0.3) is 0 Å². The van der Waals surface area contributed by atoms with Gasteiger partial charge in [0.15, 0.2) is 0 Å². The average molecular weight is 259 g/mol. The van der Waals surface area contributed by atoms with Gasteiger partial charge in [-0.2, -0.15) is 5.26 Å². The lowest BCUT2D eigenvalue weighted by Gasteiger charge is -2.46. The average Bonchev–Trinajstić information content (AvgIpc) is 2.41. The molecule has 0 spiro atoms. The summed E-state index contributed by atoms with van der Waals surface area (Å²) in [4.78, 5) is 2.33. The highest BCUT2D eigenvalue weighted by Crippen LogP contribution is 2.25. The van der Waals surface area contributed by atoms with Gasteiger partial charge in [-0.3, -0.25) is 0 Å². The van der Waals surface area contributed by atoms with E-state index in [1.165, 1.54) is 0 Å². The first-order chi connectivity index (χ1) is 9.05. The van der Waals surface area contributed by atoms with Crippen molar-refractivity contribution in [2.45, 2.75) is 31.8 Å². The van der Waals surface area contributed by atoms with E-state index in [0.29, 0.717) is 11.6 Å². The van der Waals surface area contributed by atoms with Crippen molar-refractivity contribution in [3.63, 3.8) is 0 Å². The van der Waals surface area contributed by atoms with Gasteiger partial charge in [-0.25, -0.2) is 0 Å². The fourth-order valence-electron chi connectivity index (χ4n) is 2.55. The minimum atomic E-state index is 0.0554. The third kappa shape index (κ3) is 3.25. The van der Waals surface area contributed by atoms with Crippen LogP contribution >= 0.6 is 0 Å². The molecule has 0 aromatic heterocycles. The monoisotopic (exact) mass is 259 g/mol. The van der Waals surface area contributed by atoms with Crippen LogP contribution in [0.5, 0.6) is 0 Å². The quantitative estimate of drug-likeness (QED) is 0.863. The number of nitrogens with zero attached hydrogens (tertiary/aromatic N) is 2. The lowest BCUT2D eigenvalue weighted by Crippen LogP contribution is -2.62. The van der Waals surface area contributed by atoms with Gasteiger partial charge in [-0.1, -0.05) is 0 Å². The van der Waals surface area contributed by atoms with Crippen LogP contribution < -0.4 is 10.2 Å². The molecule has 0 radical (unpaired) electrons. The van der Waals surface area contributed by atoms with Crippen LogP contribution in [0.1, 0.15) is 25.8 Å². The molecule has 19 heavy (non-hydrogen) atoms. The van der Waals surface area contributed by atoms with Gasteiger partial charge >= 0.3 is 0 Å². The number of piperazine rings is 1. The van der Waals surface area contributed by atoms with Crippen LogP contribution in [0.2, 0.25) is 0 Å². The Hall–Kier alpha value is -1.57. The van der Waals surface area contributed by atoms with Crippen molar-refractivity contribution in [1.29, 1.82) is 5.26 Å². The van der Waals surface area contributed by atoms with E-state index in [9.17, 15) is 5.11 Å². The molecule has 1 aliphatic rings. The summed E-state index contributed by atoms with van der Waals surface area (Å²) in [5.74, 6) is 0. The fraction of sp³-hybridized carbons (Fsp3) is 0.533. The molecule has 0 saturated carbocycles. The van der Waals surface area contributed by atoms with Gasteiger partial charge in [0.2, 0.25) is 0 Å². The zero-order valence-corrected chi connectivity index (χ0v) is 11.6. The van der Waals surface area contributed by atoms with Crippen molar-refractivity contribution in [2.75, 3.05) is 24.6 Å². The molecule has 2 rings (SSSR count). The van der Waals surface area contributed by atoms with E-state index in [1.54, 1.807) is 0 Å². The summed E-state index contributed by atoms with van der Waals surface area (Å²) in [5, 5.41) is 21.6. The molecule has 1 heterocycles. The topological polar surface area (TPSA) is 59.3 Å². The number of aliphatic hydroxyl groups is 1. The SMILES string of the molecule is CC1(C)CN(c2ccc(C#N)cc2)C(CCO)CN1. The largest absolute Gasteiger partial charge is 0.396 e. The third-order valence-corrected chi connectivity index (χ3v) is 3.61. The molecule has 1 aliphatic heterocycles. The van der Waals surface area contributed by atoms with E-state index < -0.39 is 0 Å². The summed E-state index contributed by atoms with van der Waals surface area (Å²) < 4.78 is 0. The summed E-state index contributed by atoms with van der Waals surface area (Å²) in [5.41, 5.74) is 1.85. The molecule has 0 bridgehead atoms. The first-order valence-electron chi connectivity index (χ1n) is 6.68. The standard InChI is InChI=1S/C15H21N3O/c1-15(2)11-18(14(7-8-19)10-17-15)13-5-3-12(9-16)4-6-13/h3-6,14,17,19H,7-8,10-11H2,1-2H3. The molecule has 2 N–H and O–H groups in total. The van der Waals surface area contributed by atoms with Gasteiger partial charge in [0.1, 0.15) is 0 Å². The Morgan fingerprint density at radius 3 is 2.68 bits per heavy atom. The Balaban J connectivity index is 2.23. The number of anilines is 1. The van der Waals surface area contributed by atoms with Crippen LogP contribution in [-0.2, 0) is 0 Å². The normalized spacial score (nSPS) is 22.0. The molecule has 1 fully saturated rings. The summed E-state index contributed by atoms with van der Waals surface area (Å²) in [6.45, 7) is 6.31. The van der Waals surface area contributed by atoms with Crippen molar-refractivity contribution >= 4 is 5.69 Å². The predicted octanol–water partition coefficient (Wildman–Crippen LogP) is 1.50. The summed E-state index contributed by atoms with van der Waals surface area (Å²) in [7, 11) is 0. The van der Waals surface area contributed by atoms with Crippen LogP contribution in [0.15, 0.2) is 24.3 Å². The van der Waals surface area contributed by atoms with Gasteiger partial charge in [-0.05, 0) is 44.5 Å². The highest BCUT2D eigenvalue weighted by atomic mass is 16.3. The first kappa shape index (κ1) is 13.9. The number of nitriles is 1. The van der Waals surface area contributed by atoms with E-state index in [2.05, 4.69) is 30.1 Å². The van der Waals surface area contributed by atoms with Crippen molar-refractivity contribution in [3.8, 4) is 6.07 Å². The minimum Gasteiger partial charge on any atom is -0.396 e. The molecule has 4 heteroatoms. The number of hydrogen-bond donors (Lipinski definition) is 2. The maximum Gasteiger partial charge on any atom is 0.0991 e. The Labute approximate surface area is 114 Å². The zero-order chi connectivity index (χ0) is 13.9. The van der Waals surface area contributed by atoms with Crippen molar-refractivity contribution in [1.82, 2.24) is 5.32 Å². The molecule has 1 unspecified atom stereocenters. The molecule has 1 aromatic carbocycles. The number of hydrogen-bond acceptors (Lipinski definition) is 4. The van der Waals surface area contributed by atoms with E-state index >= 15 is 0 Å². The predicted molar refractivity (Wildman–Crippen MR) is 76.1 cm³/mol. The number of aliphatic hydroxyl groups excluding tert-OH is 1. The fourth-order valence-corrected chi connectivity index (χ4v) is 2.55. The molecule has 4 nitrogen and oxygen atoms in total. The second kappa shape index (κ2) is 5.60. The van der Waals surface area contributed by atoms with Crippen molar-refractivity contribution < 1.29 is 5.11 Å². The lowest BCUT2D eigenvalue weighted by molar-refractivity contribution is 0.241. The van der Waals surface area contributed by atoms with Gasteiger partial charge in [-0.15, -0.1) is 0 Å². The van der Waals surface area contributed by atoms with Gasteiger partial charge < -0.3 is 15.3 Å². The zero-order valence-electron chi connectivity index (χ0n) is 11.6. The second-order valence-electron chi connectivity index (χ2n) is 5.72. The Morgan fingerprint density at radius 1 is 1.42 bits per heavy atom. The lowest BCUT2D eigenvalue weighted by atomic mass is 9.96. The molecule has 0 amide bonds. The Kier molecular flexibility index (Phi) is 4.08. The maximum absolute atomic E-state index is 9.20. The molecular formula is C15H21N3O. The van der Waals surface area contributed by atoms with Gasteiger partial charge in [0.05, 0.1) is 11.6 Å². The van der Waals surface area contributed by atoms with E-state index in [0.717, 1.165) is 25.2 Å². The number of nitrogens with one attached hydrogen (secondary N) is 1.